The molecule has 0 spiro atoms. The number of halogens is 3. The molecule has 1 aliphatic carbocycles. The van der Waals surface area contributed by atoms with Gasteiger partial charge >= 0.3 is 0 Å². The molecule has 1 fully saturated rings. The number of rotatable bonds is 8. The van der Waals surface area contributed by atoms with Gasteiger partial charge in [0.15, 0.2) is 0 Å². The molecule has 3 aromatic carbocycles. The van der Waals surface area contributed by atoms with Crippen molar-refractivity contribution < 1.29 is 22.5 Å². The Bertz CT molecular complexity index is 1570. The van der Waals surface area contributed by atoms with E-state index in [2.05, 4.69) is 5.73 Å². The van der Waals surface area contributed by atoms with Crippen LogP contribution in [0.1, 0.15) is 52.9 Å². The average molecular weight is 633 g/mol. The zero-order chi connectivity index (χ0) is 30.4. The van der Waals surface area contributed by atoms with Crippen LogP contribution in [0.5, 0.6) is 5.75 Å². The van der Waals surface area contributed by atoms with Gasteiger partial charge < -0.3 is 15.4 Å². The Morgan fingerprint density at radius 1 is 1.02 bits per heavy atom. The summed E-state index contributed by atoms with van der Waals surface area (Å²) < 4.78 is 46.5. The highest BCUT2D eigenvalue weighted by molar-refractivity contribution is 7.83. The van der Waals surface area contributed by atoms with Crippen molar-refractivity contribution >= 4 is 49.7 Å². The molecule has 1 unspecified atom stereocenters. The van der Waals surface area contributed by atoms with Crippen LogP contribution in [0.15, 0.2) is 54.6 Å². The number of nitrogens with zero attached hydrogens (tertiary/aromatic N) is 1. The second-order valence-electron chi connectivity index (χ2n) is 10.1. The smallest absolute Gasteiger partial charge is 0.266 e. The van der Waals surface area contributed by atoms with Crippen molar-refractivity contribution in [3.63, 3.8) is 0 Å². The normalized spacial score (nSPS) is 14.3. The van der Waals surface area contributed by atoms with Gasteiger partial charge in [-0.1, -0.05) is 61.2 Å². The Labute approximate surface area is 257 Å². The second-order valence-corrected chi connectivity index (χ2v) is 13.0. The van der Waals surface area contributed by atoms with E-state index in [9.17, 15) is 17.8 Å². The summed E-state index contributed by atoms with van der Waals surface area (Å²) in [5.74, 6) is -0.430. The van der Waals surface area contributed by atoms with E-state index in [0.717, 1.165) is 77.8 Å². The maximum Gasteiger partial charge on any atom is 0.266 e. The number of methoxy groups -OCH3 is 1. The summed E-state index contributed by atoms with van der Waals surface area (Å²) in [5, 5.41) is -0.0924. The van der Waals surface area contributed by atoms with Gasteiger partial charge in [-0.2, -0.15) is 0 Å². The molecule has 0 aliphatic heterocycles. The molecular weight excluding hydrogens is 598 g/mol. The number of ether oxygens (including phenoxy) is 1. The molecule has 0 bridgehead atoms. The minimum Gasteiger partial charge on any atom is -0.496 e. The van der Waals surface area contributed by atoms with Gasteiger partial charge in [-0.15, -0.1) is 11.3 Å². The topological polar surface area (TPSA) is 72.6 Å². The summed E-state index contributed by atoms with van der Waals surface area (Å²) in [4.78, 5) is 16.0. The fourth-order valence-electron chi connectivity index (χ4n) is 5.42. The van der Waals surface area contributed by atoms with Crippen molar-refractivity contribution in [3.05, 3.63) is 87.3 Å². The minimum absolute atomic E-state index is 0.0280. The first-order chi connectivity index (χ1) is 20.3. The quantitative estimate of drug-likeness (QED) is 0.214. The molecule has 1 heterocycles. The zero-order valence-electron chi connectivity index (χ0n) is 23.9. The number of nitrogens with two attached hydrogens (primary N) is 1. The summed E-state index contributed by atoms with van der Waals surface area (Å²) >= 11 is 7.44. The third-order valence-electron chi connectivity index (χ3n) is 7.43. The predicted octanol–water partition coefficient (Wildman–Crippen LogP) is 7.94. The molecule has 224 valence electrons. The first kappa shape index (κ1) is 32.1. The molecular formula is C32H35ClF2N2O3S2. The molecule has 2 N–H and O–H groups in total. The third-order valence-corrected chi connectivity index (χ3v) is 9.85. The lowest BCUT2D eigenvalue weighted by Gasteiger charge is -2.34. The molecule has 10 heteroatoms. The van der Waals surface area contributed by atoms with Gasteiger partial charge in [-0.25, -0.2) is 8.78 Å². The lowest BCUT2D eigenvalue weighted by Crippen LogP contribution is -2.40. The molecule has 5 rings (SSSR count). The van der Waals surface area contributed by atoms with Crippen molar-refractivity contribution in [1.29, 1.82) is 0 Å². The van der Waals surface area contributed by atoms with Gasteiger partial charge in [0.25, 0.3) is 5.91 Å². The number of benzene rings is 3. The molecule has 4 aromatic rings. The maximum atomic E-state index is 14.6. The molecule has 1 aliphatic rings. The van der Waals surface area contributed by atoms with Crippen molar-refractivity contribution in [2.24, 2.45) is 5.73 Å². The van der Waals surface area contributed by atoms with Crippen LogP contribution >= 0.6 is 22.9 Å². The monoisotopic (exact) mass is 632 g/mol. The summed E-state index contributed by atoms with van der Waals surface area (Å²) in [5.41, 5.74) is 8.27. The van der Waals surface area contributed by atoms with Crippen LogP contribution in [0.2, 0.25) is 5.02 Å². The Hall–Kier alpha value is -2.85. The van der Waals surface area contributed by atoms with Crippen LogP contribution in [0, 0.1) is 11.6 Å². The Balaban J connectivity index is 0.00000198. The van der Waals surface area contributed by atoms with E-state index < -0.39 is 22.4 Å². The van der Waals surface area contributed by atoms with E-state index >= 15 is 0 Å². The second kappa shape index (κ2) is 14.6. The van der Waals surface area contributed by atoms with Gasteiger partial charge in [-0.3, -0.25) is 9.00 Å². The van der Waals surface area contributed by atoms with Crippen molar-refractivity contribution in [1.82, 2.24) is 4.90 Å². The summed E-state index contributed by atoms with van der Waals surface area (Å²) in [6, 6.07) is 15.9. The van der Waals surface area contributed by atoms with E-state index in [-0.39, 0.29) is 38.5 Å². The third kappa shape index (κ3) is 7.02. The van der Waals surface area contributed by atoms with E-state index in [4.69, 9.17) is 16.3 Å². The Kier molecular flexibility index (Phi) is 11.1. The minimum atomic E-state index is -0.920. The highest BCUT2D eigenvalue weighted by atomic mass is 35.5. The molecule has 1 amide bonds. The van der Waals surface area contributed by atoms with E-state index in [0.29, 0.717) is 11.5 Å². The van der Waals surface area contributed by atoms with Crippen LogP contribution in [0.4, 0.5) is 8.78 Å². The molecule has 0 radical (unpaired) electrons. The van der Waals surface area contributed by atoms with Gasteiger partial charge in [0.05, 0.1) is 22.2 Å². The average Bonchev–Trinajstić information content (AvgIpc) is 3.37. The zero-order valence-corrected chi connectivity index (χ0v) is 26.3. The van der Waals surface area contributed by atoms with Crippen LogP contribution in [0.25, 0.3) is 21.2 Å². The van der Waals surface area contributed by atoms with Crippen molar-refractivity contribution in [3.8, 4) is 16.9 Å². The number of thiophene rings is 1. The van der Waals surface area contributed by atoms with Crippen LogP contribution < -0.4 is 10.5 Å². The number of amides is 1. The molecule has 42 heavy (non-hydrogen) atoms. The summed E-state index contributed by atoms with van der Waals surface area (Å²) in [6.45, 7) is 0.267. The van der Waals surface area contributed by atoms with Gasteiger partial charge in [-0.05, 0) is 60.8 Å². The lowest BCUT2D eigenvalue weighted by molar-refractivity contribution is 0.0618. The Morgan fingerprint density at radius 2 is 1.67 bits per heavy atom. The van der Waals surface area contributed by atoms with Gasteiger partial charge in [0.2, 0.25) is 0 Å². The highest BCUT2D eigenvalue weighted by Gasteiger charge is 2.31. The van der Waals surface area contributed by atoms with E-state index in [1.54, 1.807) is 18.3 Å². The van der Waals surface area contributed by atoms with Crippen molar-refractivity contribution in [2.75, 3.05) is 20.4 Å². The fourth-order valence-corrected chi connectivity index (χ4v) is 7.59. The first-order valence-electron chi connectivity index (χ1n) is 13.8. The predicted molar refractivity (Wildman–Crippen MR) is 170 cm³/mol. The van der Waals surface area contributed by atoms with Crippen LogP contribution in [0.3, 0.4) is 0 Å². The SMILES string of the molecule is CN.COc1ccc(-c2ccc(CS(C)=O)cc2)cc1CN(C(=O)c1sc2c(F)ccc(F)c2c1Cl)C1CCCCC1. The van der Waals surface area contributed by atoms with E-state index in [1.165, 1.54) is 7.05 Å². The van der Waals surface area contributed by atoms with Crippen molar-refractivity contribution in [2.45, 2.75) is 50.4 Å². The largest absolute Gasteiger partial charge is 0.496 e. The first-order valence-corrected chi connectivity index (χ1v) is 16.7. The summed E-state index contributed by atoms with van der Waals surface area (Å²) in [6.07, 6.45) is 6.49. The van der Waals surface area contributed by atoms with Crippen LogP contribution in [-0.2, 0) is 23.1 Å². The van der Waals surface area contributed by atoms with Crippen LogP contribution in [-0.4, -0.2) is 41.5 Å². The number of hydrogen-bond donors (Lipinski definition) is 1. The molecule has 1 aromatic heterocycles. The Morgan fingerprint density at radius 3 is 2.29 bits per heavy atom. The van der Waals surface area contributed by atoms with Gasteiger partial charge in [0.1, 0.15) is 22.3 Å². The lowest BCUT2D eigenvalue weighted by atomic mass is 9.93. The standard InChI is InChI=1S/C31H30ClF2NO3S2.CH5N/c1-38-26-15-12-21(20-10-8-19(9-11-20)18-40(2)37)16-22(26)17-35(23-6-4-3-5-7-23)31(36)30-28(32)27-24(33)13-14-25(34)29(27)39-30;1-2/h8-16,23H,3-7,17-18H2,1-2H3;2H2,1H3. The fraction of sp³-hybridized carbons (Fsp3) is 0.344. The number of fused-ring (bicyclic) bond motifs is 1. The summed E-state index contributed by atoms with van der Waals surface area (Å²) in [7, 11) is 2.18. The van der Waals surface area contributed by atoms with Gasteiger partial charge in [0, 0.05) is 41.0 Å². The number of carbonyl (C=O) groups is 1. The number of hydrogen-bond acceptors (Lipinski definition) is 5. The molecule has 0 saturated heterocycles. The molecule has 5 nitrogen and oxygen atoms in total. The molecule has 1 atom stereocenters. The molecule has 1 saturated carbocycles. The maximum absolute atomic E-state index is 14.6. The van der Waals surface area contributed by atoms with E-state index in [1.807, 2.05) is 42.5 Å². The number of carbonyl (C=O) groups excluding carboxylic acids is 1. The highest BCUT2D eigenvalue weighted by Crippen LogP contribution is 2.40.